The minimum absolute atomic E-state index is 0.0394. The van der Waals surface area contributed by atoms with Gasteiger partial charge in [-0.15, -0.1) is 0 Å². The summed E-state index contributed by atoms with van der Waals surface area (Å²) in [6.45, 7) is 2.87. The number of hydrogen-bond donors (Lipinski definition) is 1. The first-order chi connectivity index (χ1) is 15.8. The fourth-order valence-corrected chi connectivity index (χ4v) is 6.04. The van der Waals surface area contributed by atoms with Crippen molar-refractivity contribution in [3.05, 3.63) is 48.0 Å². The number of fused-ring (bicyclic) bond motifs is 1. The average molecular weight is 472 g/mol. The summed E-state index contributed by atoms with van der Waals surface area (Å²) in [5, 5.41) is 2.89. The van der Waals surface area contributed by atoms with Crippen LogP contribution < -0.4 is 15.0 Å². The van der Waals surface area contributed by atoms with Gasteiger partial charge in [0.05, 0.1) is 12.0 Å². The summed E-state index contributed by atoms with van der Waals surface area (Å²) in [7, 11) is -2.02. The first-order valence-corrected chi connectivity index (χ1v) is 12.6. The molecule has 176 valence electrons. The van der Waals surface area contributed by atoms with Gasteiger partial charge >= 0.3 is 0 Å². The zero-order chi connectivity index (χ0) is 23.6. The fraction of sp³-hybridized carbons (Fsp3) is 0.417. The number of nitrogens with zero attached hydrogens (tertiary/aromatic N) is 2. The summed E-state index contributed by atoms with van der Waals surface area (Å²) < 4.78 is 33.0. The Morgan fingerprint density at radius 3 is 2.39 bits per heavy atom. The summed E-state index contributed by atoms with van der Waals surface area (Å²) in [6.07, 6.45) is 2.29. The number of anilines is 2. The van der Waals surface area contributed by atoms with Crippen LogP contribution >= 0.6 is 0 Å². The van der Waals surface area contributed by atoms with Crippen molar-refractivity contribution in [2.24, 2.45) is 5.92 Å². The number of carbonyl (C=O) groups is 2. The lowest BCUT2D eigenvalue weighted by Crippen LogP contribution is -2.39. The molecule has 2 aromatic carbocycles. The third-order valence-electron chi connectivity index (χ3n) is 6.39. The van der Waals surface area contributed by atoms with Crippen molar-refractivity contribution in [3.8, 4) is 5.75 Å². The zero-order valence-electron chi connectivity index (χ0n) is 18.9. The van der Waals surface area contributed by atoms with Gasteiger partial charge < -0.3 is 15.0 Å². The highest BCUT2D eigenvalue weighted by molar-refractivity contribution is 7.89. The van der Waals surface area contributed by atoms with Crippen LogP contribution in [0, 0.1) is 5.92 Å². The van der Waals surface area contributed by atoms with Gasteiger partial charge in [-0.2, -0.15) is 4.31 Å². The lowest BCUT2D eigenvalue weighted by molar-refractivity contribution is -0.117. The Labute approximate surface area is 194 Å². The van der Waals surface area contributed by atoms with Gasteiger partial charge in [0.1, 0.15) is 5.75 Å². The molecule has 0 aromatic heterocycles. The van der Waals surface area contributed by atoms with Gasteiger partial charge in [-0.3, -0.25) is 9.59 Å². The number of ether oxygens (including phenoxy) is 1. The molecule has 0 atom stereocenters. The molecule has 0 saturated carbocycles. The van der Waals surface area contributed by atoms with E-state index in [0.29, 0.717) is 51.0 Å². The molecule has 2 aliphatic rings. The van der Waals surface area contributed by atoms with Crippen molar-refractivity contribution < 1.29 is 22.7 Å². The fourth-order valence-electron chi connectivity index (χ4n) is 4.52. The van der Waals surface area contributed by atoms with Gasteiger partial charge in [0.2, 0.25) is 21.8 Å². The van der Waals surface area contributed by atoms with Crippen LogP contribution in [0.5, 0.6) is 5.75 Å². The van der Waals surface area contributed by atoms with E-state index >= 15 is 0 Å². The number of amides is 2. The maximum absolute atomic E-state index is 13.2. The second-order valence-corrected chi connectivity index (χ2v) is 10.5. The lowest BCUT2D eigenvalue weighted by atomic mass is 9.94. The Morgan fingerprint density at radius 1 is 1.06 bits per heavy atom. The number of methoxy groups -OCH3 is 1. The third kappa shape index (κ3) is 5.04. The minimum atomic E-state index is -3.61. The molecular formula is C24H29N3O5S. The van der Waals surface area contributed by atoms with Gasteiger partial charge in [0.15, 0.2) is 0 Å². The molecule has 1 N–H and O–H groups in total. The quantitative estimate of drug-likeness (QED) is 0.699. The van der Waals surface area contributed by atoms with E-state index in [2.05, 4.69) is 5.32 Å². The van der Waals surface area contributed by atoms with E-state index in [9.17, 15) is 18.0 Å². The summed E-state index contributed by atoms with van der Waals surface area (Å²) in [4.78, 5) is 26.1. The number of hydrogen-bond acceptors (Lipinski definition) is 5. The third-order valence-corrected chi connectivity index (χ3v) is 8.28. The monoisotopic (exact) mass is 471 g/mol. The molecule has 0 spiro atoms. The molecule has 0 aliphatic carbocycles. The highest BCUT2D eigenvalue weighted by Gasteiger charge is 2.32. The topological polar surface area (TPSA) is 96.0 Å². The van der Waals surface area contributed by atoms with Crippen molar-refractivity contribution in [1.29, 1.82) is 0 Å². The van der Waals surface area contributed by atoms with Crippen LogP contribution in [0.25, 0.3) is 0 Å². The highest BCUT2D eigenvalue weighted by atomic mass is 32.2. The number of carbonyl (C=O) groups excluding carboxylic acids is 2. The minimum Gasteiger partial charge on any atom is -0.497 e. The van der Waals surface area contributed by atoms with Crippen LogP contribution in [0.15, 0.2) is 47.4 Å². The Kier molecular flexibility index (Phi) is 6.71. The molecule has 4 rings (SSSR count). The molecule has 0 bridgehead atoms. The normalized spacial score (nSPS) is 17.0. The highest BCUT2D eigenvalue weighted by Crippen LogP contribution is 2.32. The number of rotatable bonds is 6. The summed E-state index contributed by atoms with van der Waals surface area (Å²) in [5.41, 5.74) is 2.39. The summed E-state index contributed by atoms with van der Waals surface area (Å²) in [6, 6.07) is 12.2. The number of piperidine rings is 1. The van der Waals surface area contributed by atoms with Gasteiger partial charge in [-0.25, -0.2) is 8.42 Å². The molecule has 2 amide bonds. The van der Waals surface area contributed by atoms with E-state index in [1.165, 1.54) is 11.2 Å². The van der Waals surface area contributed by atoms with Crippen molar-refractivity contribution in [3.63, 3.8) is 0 Å². The van der Waals surface area contributed by atoms with Gasteiger partial charge in [0, 0.05) is 44.4 Å². The standard InChI is InChI=1S/C24H29N3O5S/c1-17(28)27-14-11-19-16-22(7-8-23(19)27)33(30,31)26-12-9-18(10-13-26)15-24(29)25-20-3-5-21(32-2)6-4-20/h3-8,16,18H,9-15H2,1-2H3,(H,25,29). The molecule has 1 saturated heterocycles. The van der Waals surface area contributed by atoms with E-state index in [0.717, 1.165) is 17.0 Å². The maximum Gasteiger partial charge on any atom is 0.243 e. The molecule has 1 fully saturated rings. The van der Waals surface area contributed by atoms with Crippen LogP contribution in [-0.4, -0.2) is 51.3 Å². The maximum atomic E-state index is 13.2. The molecule has 2 aromatic rings. The van der Waals surface area contributed by atoms with E-state index in [-0.39, 0.29) is 22.6 Å². The number of sulfonamides is 1. The summed E-state index contributed by atoms with van der Waals surface area (Å²) >= 11 is 0. The zero-order valence-corrected chi connectivity index (χ0v) is 19.7. The summed E-state index contributed by atoms with van der Waals surface area (Å²) in [5.74, 6) is 0.748. The second-order valence-electron chi connectivity index (χ2n) is 8.54. The van der Waals surface area contributed by atoms with E-state index in [4.69, 9.17) is 4.74 Å². The van der Waals surface area contributed by atoms with Crippen molar-refractivity contribution in [1.82, 2.24) is 4.31 Å². The predicted octanol–water partition coefficient (Wildman–Crippen LogP) is 3.03. The van der Waals surface area contributed by atoms with Crippen LogP contribution in [0.2, 0.25) is 0 Å². The van der Waals surface area contributed by atoms with Gasteiger partial charge in [-0.1, -0.05) is 0 Å². The first-order valence-electron chi connectivity index (χ1n) is 11.1. The lowest BCUT2D eigenvalue weighted by Gasteiger charge is -2.31. The van der Waals surface area contributed by atoms with E-state index in [1.54, 1.807) is 54.5 Å². The Balaban J connectivity index is 1.33. The van der Waals surface area contributed by atoms with Gasteiger partial charge in [-0.05, 0) is 73.2 Å². The second kappa shape index (κ2) is 9.52. The van der Waals surface area contributed by atoms with Crippen LogP contribution in [0.3, 0.4) is 0 Å². The molecule has 2 heterocycles. The molecule has 9 heteroatoms. The SMILES string of the molecule is COc1ccc(NC(=O)CC2CCN(S(=O)(=O)c3ccc4c(c3)CCN4C(C)=O)CC2)cc1. The Morgan fingerprint density at radius 2 is 1.76 bits per heavy atom. The largest absolute Gasteiger partial charge is 0.497 e. The van der Waals surface area contributed by atoms with Gasteiger partial charge in [0.25, 0.3) is 0 Å². The predicted molar refractivity (Wildman–Crippen MR) is 126 cm³/mol. The van der Waals surface area contributed by atoms with Crippen molar-refractivity contribution >= 4 is 33.2 Å². The average Bonchev–Trinajstić information content (AvgIpc) is 3.23. The Hall–Kier alpha value is -2.91. The number of benzene rings is 2. The smallest absolute Gasteiger partial charge is 0.243 e. The first kappa shape index (κ1) is 23.3. The van der Waals surface area contributed by atoms with Crippen LogP contribution in [-0.2, 0) is 26.0 Å². The molecular weight excluding hydrogens is 442 g/mol. The van der Waals surface area contributed by atoms with E-state index in [1.807, 2.05) is 0 Å². The van der Waals surface area contributed by atoms with Crippen molar-refractivity contribution in [2.45, 2.75) is 37.5 Å². The van der Waals surface area contributed by atoms with E-state index < -0.39 is 10.0 Å². The Bertz CT molecular complexity index is 1140. The number of nitrogens with one attached hydrogen (secondary N) is 1. The molecule has 2 aliphatic heterocycles. The molecule has 0 radical (unpaired) electrons. The molecule has 8 nitrogen and oxygen atoms in total. The molecule has 33 heavy (non-hydrogen) atoms. The van der Waals surface area contributed by atoms with Crippen molar-refractivity contribution in [2.75, 3.05) is 37.0 Å². The van der Waals surface area contributed by atoms with Crippen LogP contribution in [0.1, 0.15) is 31.7 Å². The molecule has 0 unspecified atom stereocenters. The van der Waals surface area contributed by atoms with Crippen LogP contribution in [0.4, 0.5) is 11.4 Å².